The lowest BCUT2D eigenvalue weighted by atomic mass is 10.1. The molecule has 2 aromatic carbocycles. The molecule has 0 saturated heterocycles. The second kappa shape index (κ2) is 9.18. The van der Waals surface area contributed by atoms with Crippen molar-refractivity contribution in [1.29, 1.82) is 0 Å². The summed E-state index contributed by atoms with van der Waals surface area (Å²) in [4.78, 5) is 2.41. The molecule has 2 aromatic rings. The third-order valence-electron chi connectivity index (χ3n) is 3.78. The van der Waals surface area contributed by atoms with Crippen LogP contribution in [0.5, 0.6) is 11.5 Å². The first-order chi connectivity index (χ1) is 11.3. The summed E-state index contributed by atoms with van der Waals surface area (Å²) < 4.78 is 10.7. The van der Waals surface area contributed by atoms with Gasteiger partial charge in [-0.05, 0) is 36.2 Å². The molecule has 0 fully saturated rings. The van der Waals surface area contributed by atoms with Gasteiger partial charge in [0.05, 0.1) is 14.2 Å². The van der Waals surface area contributed by atoms with Crippen molar-refractivity contribution in [2.24, 2.45) is 5.73 Å². The fourth-order valence-corrected chi connectivity index (χ4v) is 2.61. The zero-order chi connectivity index (χ0) is 16.5. The summed E-state index contributed by atoms with van der Waals surface area (Å²) in [6, 6.07) is 16.6. The molecule has 0 heterocycles. The molecular formula is C19H26N2O2. The molecule has 0 aliphatic carbocycles. The quantitative estimate of drug-likeness (QED) is 0.773. The largest absolute Gasteiger partial charge is 0.493 e. The van der Waals surface area contributed by atoms with Crippen LogP contribution in [0.2, 0.25) is 0 Å². The molecule has 23 heavy (non-hydrogen) atoms. The first kappa shape index (κ1) is 17.3. The highest BCUT2D eigenvalue weighted by Crippen LogP contribution is 2.28. The molecule has 0 radical (unpaired) electrons. The predicted octanol–water partition coefficient (Wildman–Crippen LogP) is 3.05. The van der Waals surface area contributed by atoms with E-state index in [1.807, 2.05) is 18.2 Å². The van der Waals surface area contributed by atoms with Crippen molar-refractivity contribution < 1.29 is 9.47 Å². The van der Waals surface area contributed by atoms with E-state index in [0.717, 1.165) is 37.6 Å². The lowest BCUT2D eigenvalue weighted by Crippen LogP contribution is -2.25. The summed E-state index contributed by atoms with van der Waals surface area (Å²) in [5, 5.41) is 0. The van der Waals surface area contributed by atoms with Crippen LogP contribution in [0.4, 0.5) is 0 Å². The topological polar surface area (TPSA) is 47.7 Å². The van der Waals surface area contributed by atoms with Crippen molar-refractivity contribution in [1.82, 2.24) is 4.90 Å². The Hall–Kier alpha value is -2.04. The standard InChI is InChI=1S/C19H26N2O2/c1-22-18-10-9-17(13-19(18)23-2)15-21(12-6-11-20)14-16-7-4-3-5-8-16/h3-5,7-10,13H,6,11-12,14-15,20H2,1-2H3. The minimum Gasteiger partial charge on any atom is -0.493 e. The Bertz CT molecular complexity index is 587. The fourth-order valence-electron chi connectivity index (χ4n) is 2.61. The molecule has 2 N–H and O–H groups in total. The number of hydrogen-bond acceptors (Lipinski definition) is 4. The van der Waals surface area contributed by atoms with Gasteiger partial charge in [-0.25, -0.2) is 0 Å². The molecule has 0 saturated carbocycles. The Balaban J connectivity index is 2.10. The van der Waals surface area contributed by atoms with E-state index in [0.29, 0.717) is 6.54 Å². The third-order valence-corrected chi connectivity index (χ3v) is 3.78. The summed E-state index contributed by atoms with van der Waals surface area (Å²) in [5.41, 5.74) is 8.20. The van der Waals surface area contributed by atoms with E-state index in [1.165, 1.54) is 11.1 Å². The maximum absolute atomic E-state index is 5.68. The maximum atomic E-state index is 5.68. The SMILES string of the molecule is COc1ccc(CN(CCCN)Cc2ccccc2)cc1OC. The van der Waals surface area contributed by atoms with Crippen molar-refractivity contribution >= 4 is 0 Å². The molecule has 0 aromatic heterocycles. The fraction of sp³-hybridized carbons (Fsp3) is 0.368. The molecule has 0 unspecified atom stereocenters. The van der Waals surface area contributed by atoms with Gasteiger partial charge in [0, 0.05) is 19.6 Å². The highest BCUT2D eigenvalue weighted by Gasteiger charge is 2.10. The zero-order valence-corrected chi connectivity index (χ0v) is 14.0. The van der Waals surface area contributed by atoms with E-state index >= 15 is 0 Å². The van der Waals surface area contributed by atoms with Crippen molar-refractivity contribution in [3.8, 4) is 11.5 Å². The van der Waals surface area contributed by atoms with Gasteiger partial charge in [-0.15, -0.1) is 0 Å². The summed E-state index contributed by atoms with van der Waals surface area (Å²) in [7, 11) is 3.32. The van der Waals surface area contributed by atoms with E-state index in [-0.39, 0.29) is 0 Å². The van der Waals surface area contributed by atoms with Crippen LogP contribution in [-0.2, 0) is 13.1 Å². The van der Waals surface area contributed by atoms with Gasteiger partial charge in [0.25, 0.3) is 0 Å². The third kappa shape index (κ3) is 5.27. The molecular weight excluding hydrogens is 288 g/mol. The van der Waals surface area contributed by atoms with Crippen molar-refractivity contribution in [3.05, 3.63) is 59.7 Å². The van der Waals surface area contributed by atoms with E-state index in [2.05, 4.69) is 35.2 Å². The van der Waals surface area contributed by atoms with Gasteiger partial charge in [-0.3, -0.25) is 4.90 Å². The first-order valence-corrected chi connectivity index (χ1v) is 7.94. The Morgan fingerprint density at radius 1 is 0.870 bits per heavy atom. The molecule has 4 nitrogen and oxygen atoms in total. The zero-order valence-electron chi connectivity index (χ0n) is 14.0. The highest BCUT2D eigenvalue weighted by atomic mass is 16.5. The Morgan fingerprint density at radius 3 is 2.22 bits per heavy atom. The normalized spacial score (nSPS) is 10.8. The number of nitrogens with two attached hydrogens (primary N) is 1. The average Bonchev–Trinajstić information content (AvgIpc) is 2.60. The van der Waals surface area contributed by atoms with Crippen LogP contribution >= 0.6 is 0 Å². The molecule has 0 aliphatic heterocycles. The summed E-state index contributed by atoms with van der Waals surface area (Å²) >= 11 is 0. The average molecular weight is 314 g/mol. The highest BCUT2D eigenvalue weighted by molar-refractivity contribution is 5.42. The maximum Gasteiger partial charge on any atom is 0.161 e. The minimum atomic E-state index is 0.706. The molecule has 4 heteroatoms. The molecule has 0 spiro atoms. The van der Waals surface area contributed by atoms with Crippen molar-refractivity contribution in [3.63, 3.8) is 0 Å². The number of benzene rings is 2. The monoisotopic (exact) mass is 314 g/mol. The van der Waals surface area contributed by atoms with E-state index in [1.54, 1.807) is 14.2 Å². The Kier molecular flexibility index (Phi) is 6.91. The molecule has 0 atom stereocenters. The van der Waals surface area contributed by atoms with Crippen LogP contribution in [0, 0.1) is 0 Å². The van der Waals surface area contributed by atoms with Crippen LogP contribution in [0.3, 0.4) is 0 Å². The van der Waals surface area contributed by atoms with Gasteiger partial charge in [0.15, 0.2) is 11.5 Å². The van der Waals surface area contributed by atoms with E-state index < -0.39 is 0 Å². The number of hydrogen-bond donors (Lipinski definition) is 1. The lowest BCUT2D eigenvalue weighted by Gasteiger charge is -2.23. The lowest BCUT2D eigenvalue weighted by molar-refractivity contribution is 0.254. The number of ether oxygens (including phenoxy) is 2. The number of nitrogens with zero attached hydrogens (tertiary/aromatic N) is 1. The smallest absolute Gasteiger partial charge is 0.161 e. The van der Waals surface area contributed by atoms with Crippen molar-refractivity contribution in [2.75, 3.05) is 27.3 Å². The van der Waals surface area contributed by atoms with Gasteiger partial charge >= 0.3 is 0 Å². The number of methoxy groups -OCH3 is 2. The molecule has 124 valence electrons. The second-order valence-electron chi connectivity index (χ2n) is 5.53. The first-order valence-electron chi connectivity index (χ1n) is 7.94. The van der Waals surface area contributed by atoms with E-state index in [4.69, 9.17) is 15.2 Å². The summed E-state index contributed by atoms with van der Waals surface area (Å²) in [6.07, 6.45) is 0.986. The van der Waals surface area contributed by atoms with Crippen LogP contribution < -0.4 is 15.2 Å². The Labute approximate surface area is 138 Å². The summed E-state index contributed by atoms with van der Waals surface area (Å²) in [6.45, 7) is 3.45. The molecule has 0 bridgehead atoms. The Morgan fingerprint density at radius 2 is 1.57 bits per heavy atom. The van der Waals surface area contributed by atoms with Crippen LogP contribution in [-0.4, -0.2) is 32.2 Å². The number of rotatable bonds is 9. The molecule has 0 amide bonds. The molecule has 2 rings (SSSR count). The van der Waals surface area contributed by atoms with Gasteiger partial charge < -0.3 is 15.2 Å². The van der Waals surface area contributed by atoms with E-state index in [9.17, 15) is 0 Å². The van der Waals surface area contributed by atoms with Gasteiger partial charge in [-0.2, -0.15) is 0 Å². The van der Waals surface area contributed by atoms with Crippen LogP contribution in [0.1, 0.15) is 17.5 Å². The van der Waals surface area contributed by atoms with Gasteiger partial charge in [0.2, 0.25) is 0 Å². The summed E-state index contributed by atoms with van der Waals surface area (Å²) in [5.74, 6) is 1.52. The minimum absolute atomic E-state index is 0.706. The van der Waals surface area contributed by atoms with Crippen LogP contribution in [0.15, 0.2) is 48.5 Å². The van der Waals surface area contributed by atoms with Gasteiger partial charge in [-0.1, -0.05) is 36.4 Å². The second-order valence-corrected chi connectivity index (χ2v) is 5.53. The van der Waals surface area contributed by atoms with Crippen molar-refractivity contribution in [2.45, 2.75) is 19.5 Å². The molecule has 0 aliphatic rings. The predicted molar refractivity (Wildman–Crippen MR) is 93.8 cm³/mol. The van der Waals surface area contributed by atoms with Crippen LogP contribution in [0.25, 0.3) is 0 Å². The van der Waals surface area contributed by atoms with Gasteiger partial charge in [0.1, 0.15) is 0 Å².